The number of benzene rings is 9. The summed E-state index contributed by atoms with van der Waals surface area (Å²) < 4.78 is 2.44. The first-order chi connectivity index (χ1) is 27.8. The van der Waals surface area contributed by atoms with Gasteiger partial charge in [0.2, 0.25) is 0 Å². The van der Waals surface area contributed by atoms with Gasteiger partial charge >= 0.3 is 0 Å². The number of rotatable bonds is 8. The summed E-state index contributed by atoms with van der Waals surface area (Å²) in [5, 5.41) is 2.51. The highest BCUT2D eigenvalue weighted by atomic mass is 15.1. The molecule has 0 saturated heterocycles. The maximum atomic E-state index is 2.44. The van der Waals surface area contributed by atoms with E-state index in [1.807, 2.05) is 0 Å². The Labute approximate surface area is 327 Å². The van der Waals surface area contributed by atoms with Crippen LogP contribution in [0.4, 0.5) is 17.1 Å². The van der Waals surface area contributed by atoms with Crippen LogP contribution in [0.25, 0.3) is 72.0 Å². The lowest BCUT2D eigenvalue weighted by Crippen LogP contribution is -2.09. The molecule has 0 saturated carbocycles. The topological polar surface area (TPSA) is 8.17 Å². The Morgan fingerprint density at radius 1 is 0.268 bits per heavy atom. The molecule has 264 valence electrons. The van der Waals surface area contributed by atoms with Gasteiger partial charge in [-0.05, 0) is 93.5 Å². The summed E-state index contributed by atoms with van der Waals surface area (Å²) >= 11 is 0. The molecule has 10 aromatic rings. The van der Waals surface area contributed by atoms with Crippen LogP contribution in [-0.2, 0) is 0 Å². The van der Waals surface area contributed by atoms with Crippen LogP contribution in [0.3, 0.4) is 0 Å². The first-order valence-electron chi connectivity index (χ1n) is 19.2. The Hall–Kier alpha value is -7.42. The van der Waals surface area contributed by atoms with E-state index in [2.05, 4.69) is 240 Å². The third-order valence-corrected chi connectivity index (χ3v) is 10.8. The Bertz CT molecular complexity index is 2770. The van der Waals surface area contributed by atoms with Crippen molar-refractivity contribution in [2.24, 2.45) is 0 Å². The molecule has 0 spiro atoms. The van der Waals surface area contributed by atoms with E-state index in [9.17, 15) is 0 Å². The van der Waals surface area contributed by atoms with E-state index in [-0.39, 0.29) is 0 Å². The number of anilines is 3. The van der Waals surface area contributed by atoms with E-state index in [4.69, 9.17) is 0 Å². The number of para-hydroxylation sites is 2. The summed E-state index contributed by atoms with van der Waals surface area (Å²) in [5.74, 6) is 0. The van der Waals surface area contributed by atoms with Crippen LogP contribution >= 0.6 is 0 Å². The van der Waals surface area contributed by atoms with Gasteiger partial charge in [-0.25, -0.2) is 0 Å². The van der Waals surface area contributed by atoms with Gasteiger partial charge in [-0.3, -0.25) is 0 Å². The Morgan fingerprint density at radius 2 is 0.607 bits per heavy atom. The molecule has 9 aromatic carbocycles. The minimum absolute atomic E-state index is 1.09. The van der Waals surface area contributed by atoms with Crippen LogP contribution in [0, 0.1) is 0 Å². The maximum Gasteiger partial charge on any atom is 0.0546 e. The van der Waals surface area contributed by atoms with E-state index in [0.717, 1.165) is 28.3 Å². The number of hydrogen-bond donors (Lipinski definition) is 0. The van der Waals surface area contributed by atoms with E-state index in [1.165, 1.54) is 60.8 Å². The molecular weight excluding hydrogens is 677 g/mol. The highest BCUT2D eigenvalue weighted by Gasteiger charge is 2.18. The predicted molar refractivity (Wildman–Crippen MR) is 237 cm³/mol. The number of aromatic nitrogens is 1. The van der Waals surface area contributed by atoms with Crippen LogP contribution in [0.2, 0.25) is 0 Å². The third kappa shape index (κ3) is 6.14. The quantitative estimate of drug-likeness (QED) is 0.152. The molecule has 0 unspecified atom stereocenters. The van der Waals surface area contributed by atoms with Crippen LogP contribution in [0.5, 0.6) is 0 Å². The van der Waals surface area contributed by atoms with Gasteiger partial charge in [0.15, 0.2) is 0 Å². The van der Waals surface area contributed by atoms with E-state index in [1.54, 1.807) is 0 Å². The SMILES string of the molecule is c1ccc(-c2ccc(N(c3ccc(-c4ccccc4)cc3)c3ccc(-c4ccc(-c5ccccc5)c(-n5c6ccccc6c6ccccc65)c4)cc3)cc2)cc1. The molecule has 56 heavy (non-hydrogen) atoms. The normalized spacial score (nSPS) is 11.2. The highest BCUT2D eigenvalue weighted by molar-refractivity contribution is 6.10. The summed E-state index contributed by atoms with van der Waals surface area (Å²) in [5.41, 5.74) is 16.4. The number of fused-ring (bicyclic) bond motifs is 3. The molecule has 0 N–H and O–H groups in total. The smallest absolute Gasteiger partial charge is 0.0546 e. The average molecular weight is 715 g/mol. The van der Waals surface area contributed by atoms with Gasteiger partial charge in [-0.15, -0.1) is 0 Å². The molecule has 0 fully saturated rings. The summed E-state index contributed by atoms with van der Waals surface area (Å²) in [7, 11) is 0. The minimum atomic E-state index is 1.09. The molecule has 0 atom stereocenters. The van der Waals surface area contributed by atoms with Crippen LogP contribution < -0.4 is 4.90 Å². The monoisotopic (exact) mass is 714 g/mol. The van der Waals surface area contributed by atoms with Crippen molar-refractivity contribution in [2.75, 3.05) is 4.90 Å². The van der Waals surface area contributed by atoms with Crippen molar-refractivity contribution in [1.29, 1.82) is 0 Å². The molecule has 1 aromatic heterocycles. The van der Waals surface area contributed by atoms with E-state index in [0.29, 0.717) is 0 Å². The molecule has 0 aliphatic carbocycles. The molecule has 0 amide bonds. The zero-order valence-corrected chi connectivity index (χ0v) is 30.8. The fraction of sp³-hybridized carbons (Fsp3) is 0. The number of hydrogen-bond acceptors (Lipinski definition) is 1. The van der Waals surface area contributed by atoms with Gasteiger partial charge in [0, 0.05) is 33.4 Å². The molecule has 0 aliphatic heterocycles. The lowest BCUT2D eigenvalue weighted by molar-refractivity contribution is 1.18. The van der Waals surface area contributed by atoms with Gasteiger partial charge in [-0.1, -0.05) is 176 Å². The van der Waals surface area contributed by atoms with Crippen molar-refractivity contribution in [2.45, 2.75) is 0 Å². The Balaban J connectivity index is 1.07. The van der Waals surface area contributed by atoms with Gasteiger partial charge < -0.3 is 9.47 Å². The Morgan fingerprint density at radius 3 is 1.05 bits per heavy atom. The van der Waals surface area contributed by atoms with Crippen LogP contribution in [-0.4, -0.2) is 4.57 Å². The fourth-order valence-electron chi connectivity index (χ4n) is 8.06. The lowest BCUT2D eigenvalue weighted by atomic mass is 9.97. The van der Waals surface area contributed by atoms with Crippen molar-refractivity contribution >= 4 is 38.9 Å². The summed E-state index contributed by atoms with van der Waals surface area (Å²) in [4.78, 5) is 2.34. The van der Waals surface area contributed by atoms with Crippen LogP contribution in [0.1, 0.15) is 0 Å². The predicted octanol–water partition coefficient (Wildman–Crippen LogP) is 14.9. The summed E-state index contributed by atoms with van der Waals surface area (Å²) in [6.45, 7) is 0. The molecule has 2 heteroatoms. The van der Waals surface area contributed by atoms with Crippen LogP contribution in [0.15, 0.2) is 231 Å². The first-order valence-corrected chi connectivity index (χ1v) is 19.2. The van der Waals surface area contributed by atoms with Gasteiger partial charge in [0.1, 0.15) is 0 Å². The Kier molecular flexibility index (Phi) is 8.55. The zero-order valence-electron chi connectivity index (χ0n) is 30.8. The minimum Gasteiger partial charge on any atom is -0.311 e. The first kappa shape index (κ1) is 33.2. The van der Waals surface area contributed by atoms with Crippen molar-refractivity contribution in [1.82, 2.24) is 4.57 Å². The molecular formula is C54H38N2. The van der Waals surface area contributed by atoms with Gasteiger partial charge in [-0.2, -0.15) is 0 Å². The van der Waals surface area contributed by atoms with E-state index < -0.39 is 0 Å². The molecule has 0 radical (unpaired) electrons. The molecule has 1 heterocycles. The maximum absolute atomic E-state index is 2.44. The summed E-state index contributed by atoms with van der Waals surface area (Å²) in [6, 6.07) is 83.0. The highest BCUT2D eigenvalue weighted by Crippen LogP contribution is 2.40. The zero-order chi connectivity index (χ0) is 37.3. The van der Waals surface area contributed by atoms with Crippen molar-refractivity contribution in [3.63, 3.8) is 0 Å². The van der Waals surface area contributed by atoms with Crippen molar-refractivity contribution in [3.8, 4) is 50.2 Å². The second-order valence-corrected chi connectivity index (χ2v) is 14.2. The average Bonchev–Trinajstić information content (AvgIpc) is 3.62. The molecule has 10 rings (SSSR count). The lowest BCUT2D eigenvalue weighted by Gasteiger charge is -2.26. The van der Waals surface area contributed by atoms with Crippen molar-refractivity contribution in [3.05, 3.63) is 231 Å². The molecule has 2 nitrogen and oxygen atoms in total. The fourth-order valence-corrected chi connectivity index (χ4v) is 8.06. The van der Waals surface area contributed by atoms with Gasteiger partial charge in [0.25, 0.3) is 0 Å². The molecule has 0 bridgehead atoms. The number of nitrogens with zero attached hydrogens (tertiary/aromatic N) is 2. The largest absolute Gasteiger partial charge is 0.311 e. The van der Waals surface area contributed by atoms with Gasteiger partial charge in [0.05, 0.1) is 16.7 Å². The molecule has 0 aliphatic rings. The summed E-state index contributed by atoms with van der Waals surface area (Å²) in [6.07, 6.45) is 0. The standard InChI is InChI=1S/C54H38N2/c1-4-14-39(15-5-1)41-24-31-46(32-25-41)55(47-33-26-42(27-34-47)40-16-6-2-7-17-40)48-35-28-43(29-36-48)45-30-37-49(44-18-8-3-9-19-44)54(38-45)56-52-22-12-10-20-50(52)51-21-11-13-23-53(51)56/h1-38H. The third-order valence-electron chi connectivity index (χ3n) is 10.8. The van der Waals surface area contributed by atoms with Crippen molar-refractivity contribution < 1.29 is 0 Å². The second-order valence-electron chi connectivity index (χ2n) is 14.2. The van der Waals surface area contributed by atoms with E-state index >= 15 is 0 Å². The second kappa shape index (κ2) is 14.4.